The summed E-state index contributed by atoms with van der Waals surface area (Å²) in [6.45, 7) is 5.43. The molecule has 0 aromatic rings. The number of hydrogen-bond acceptors (Lipinski definition) is 8. The molecule has 0 aromatic heterocycles. The van der Waals surface area contributed by atoms with Crippen molar-refractivity contribution in [3.05, 3.63) is 0 Å². The summed E-state index contributed by atoms with van der Waals surface area (Å²) < 4.78 is 20.8. The third kappa shape index (κ3) is 3.32. The number of ether oxygens (including phenoxy) is 4. The molecule has 130 valence electrons. The second-order valence-electron chi connectivity index (χ2n) is 6.19. The lowest BCUT2D eigenvalue weighted by Crippen LogP contribution is -2.52. The van der Waals surface area contributed by atoms with Crippen LogP contribution in [-0.2, 0) is 33.3 Å². The first-order valence-electron chi connectivity index (χ1n) is 7.45. The first-order chi connectivity index (χ1) is 10.6. The third-order valence-electron chi connectivity index (χ3n) is 4.51. The van der Waals surface area contributed by atoms with Gasteiger partial charge in [-0.2, -0.15) is 0 Å². The highest BCUT2D eigenvalue weighted by Crippen LogP contribution is 2.60. The molecule has 0 aromatic carbocycles. The van der Waals surface area contributed by atoms with Crippen LogP contribution in [0.5, 0.6) is 0 Å². The summed E-state index contributed by atoms with van der Waals surface area (Å²) in [5.74, 6) is -2.10. The lowest BCUT2D eigenvalue weighted by atomic mass is 9.82. The highest BCUT2D eigenvalue weighted by atomic mass is 16.7. The zero-order chi connectivity index (χ0) is 17.4. The van der Waals surface area contributed by atoms with Crippen molar-refractivity contribution in [2.24, 2.45) is 5.92 Å². The quantitative estimate of drug-likeness (QED) is 0.410. The van der Waals surface area contributed by atoms with Crippen LogP contribution in [0, 0.1) is 5.92 Å². The molecule has 0 unspecified atom stereocenters. The SMILES string of the molecule is CC(=O)OCC[C@@]1(O)[C@H](OC(C)=O)[C@@H]2O[C@]2(C)[C@H]1COC(C)=O. The molecule has 1 aliphatic carbocycles. The minimum atomic E-state index is -1.51. The van der Waals surface area contributed by atoms with Crippen LogP contribution in [0.15, 0.2) is 0 Å². The zero-order valence-electron chi connectivity index (χ0n) is 13.7. The Hall–Kier alpha value is -1.67. The summed E-state index contributed by atoms with van der Waals surface area (Å²) >= 11 is 0. The Morgan fingerprint density at radius 1 is 1.09 bits per heavy atom. The number of epoxide rings is 1. The van der Waals surface area contributed by atoms with Crippen LogP contribution in [0.2, 0.25) is 0 Å². The van der Waals surface area contributed by atoms with Gasteiger partial charge in [0.1, 0.15) is 17.3 Å². The van der Waals surface area contributed by atoms with E-state index in [4.69, 9.17) is 18.9 Å². The van der Waals surface area contributed by atoms with Crippen LogP contribution in [-0.4, -0.2) is 59.6 Å². The van der Waals surface area contributed by atoms with E-state index in [9.17, 15) is 19.5 Å². The van der Waals surface area contributed by atoms with Crippen molar-refractivity contribution < 1.29 is 38.4 Å². The first kappa shape index (κ1) is 17.7. The molecule has 1 N–H and O–H groups in total. The van der Waals surface area contributed by atoms with Crippen LogP contribution in [0.1, 0.15) is 34.1 Å². The molecule has 1 aliphatic heterocycles. The lowest BCUT2D eigenvalue weighted by molar-refractivity contribution is -0.187. The summed E-state index contributed by atoms with van der Waals surface area (Å²) in [5.41, 5.74) is -2.26. The number of carbonyl (C=O) groups is 3. The average Bonchev–Trinajstić information content (AvgIpc) is 3.02. The summed E-state index contributed by atoms with van der Waals surface area (Å²) in [4.78, 5) is 33.4. The Morgan fingerprint density at radius 2 is 1.70 bits per heavy atom. The molecule has 1 saturated carbocycles. The van der Waals surface area contributed by atoms with Gasteiger partial charge >= 0.3 is 17.9 Å². The normalized spacial score (nSPS) is 37.7. The Morgan fingerprint density at radius 3 is 2.22 bits per heavy atom. The molecule has 0 radical (unpaired) electrons. The highest BCUT2D eigenvalue weighted by molar-refractivity contribution is 5.67. The molecule has 23 heavy (non-hydrogen) atoms. The van der Waals surface area contributed by atoms with Crippen molar-refractivity contribution in [1.82, 2.24) is 0 Å². The molecule has 0 bridgehead atoms. The molecule has 5 atom stereocenters. The molecule has 2 aliphatic rings. The second-order valence-corrected chi connectivity index (χ2v) is 6.19. The monoisotopic (exact) mass is 330 g/mol. The van der Waals surface area contributed by atoms with Gasteiger partial charge in [0.2, 0.25) is 0 Å². The smallest absolute Gasteiger partial charge is 0.303 e. The Balaban J connectivity index is 2.19. The number of esters is 3. The Labute approximate surface area is 134 Å². The minimum absolute atomic E-state index is 0.0387. The molecule has 1 saturated heterocycles. The number of rotatable bonds is 6. The summed E-state index contributed by atoms with van der Waals surface area (Å²) in [6, 6.07) is 0. The molecule has 2 rings (SSSR count). The third-order valence-corrected chi connectivity index (χ3v) is 4.51. The largest absolute Gasteiger partial charge is 0.466 e. The maximum Gasteiger partial charge on any atom is 0.303 e. The summed E-state index contributed by atoms with van der Waals surface area (Å²) in [6.07, 6.45) is -1.33. The predicted octanol–water partition coefficient (Wildman–Crippen LogP) is -0.0472. The van der Waals surface area contributed by atoms with Crippen molar-refractivity contribution in [3.8, 4) is 0 Å². The molecule has 0 amide bonds. The van der Waals surface area contributed by atoms with E-state index in [0.717, 1.165) is 0 Å². The van der Waals surface area contributed by atoms with Crippen molar-refractivity contribution in [2.45, 2.75) is 57.5 Å². The summed E-state index contributed by atoms with van der Waals surface area (Å²) in [5, 5.41) is 11.1. The van der Waals surface area contributed by atoms with E-state index in [1.165, 1.54) is 20.8 Å². The standard InChI is InChI=1S/C15H22O8/c1-8(16)20-6-5-15(19)11(7-21-9(2)17)14(4)12(23-14)13(15)22-10(3)18/h11-13,19H,5-7H2,1-4H3/t11-,12+,13-,14-,15+/m1/s1. The molecule has 8 heteroatoms. The fourth-order valence-corrected chi connectivity index (χ4v) is 3.37. The Kier molecular flexibility index (Phi) is 4.68. The van der Waals surface area contributed by atoms with E-state index in [0.29, 0.717) is 0 Å². The van der Waals surface area contributed by atoms with Gasteiger partial charge in [-0.1, -0.05) is 0 Å². The topological polar surface area (TPSA) is 112 Å². The van der Waals surface area contributed by atoms with Crippen molar-refractivity contribution in [2.75, 3.05) is 13.2 Å². The highest BCUT2D eigenvalue weighted by Gasteiger charge is 2.78. The number of aliphatic hydroxyl groups is 1. The number of carbonyl (C=O) groups excluding carboxylic acids is 3. The fourth-order valence-electron chi connectivity index (χ4n) is 3.37. The van der Waals surface area contributed by atoms with Gasteiger partial charge in [0.25, 0.3) is 0 Å². The predicted molar refractivity (Wildman–Crippen MR) is 75.2 cm³/mol. The minimum Gasteiger partial charge on any atom is -0.466 e. The van der Waals surface area contributed by atoms with Crippen LogP contribution >= 0.6 is 0 Å². The van der Waals surface area contributed by atoms with Gasteiger partial charge in [-0.25, -0.2) is 0 Å². The van der Waals surface area contributed by atoms with Crippen LogP contribution in [0.4, 0.5) is 0 Å². The maximum absolute atomic E-state index is 11.4. The number of fused-ring (bicyclic) bond motifs is 1. The van der Waals surface area contributed by atoms with Gasteiger partial charge in [0.05, 0.1) is 19.1 Å². The van der Waals surface area contributed by atoms with Gasteiger partial charge in [-0.3, -0.25) is 14.4 Å². The van der Waals surface area contributed by atoms with E-state index in [-0.39, 0.29) is 19.6 Å². The molecular weight excluding hydrogens is 308 g/mol. The van der Waals surface area contributed by atoms with E-state index in [2.05, 4.69) is 0 Å². The van der Waals surface area contributed by atoms with Gasteiger partial charge in [0, 0.05) is 27.2 Å². The van der Waals surface area contributed by atoms with Crippen molar-refractivity contribution in [1.29, 1.82) is 0 Å². The van der Waals surface area contributed by atoms with Gasteiger partial charge in [-0.15, -0.1) is 0 Å². The molecule has 0 spiro atoms. The molecule has 8 nitrogen and oxygen atoms in total. The van der Waals surface area contributed by atoms with E-state index < -0.39 is 47.2 Å². The molecule has 2 fully saturated rings. The maximum atomic E-state index is 11.4. The van der Waals surface area contributed by atoms with Crippen molar-refractivity contribution in [3.63, 3.8) is 0 Å². The van der Waals surface area contributed by atoms with E-state index in [1.807, 2.05) is 0 Å². The lowest BCUT2D eigenvalue weighted by Gasteiger charge is -2.37. The van der Waals surface area contributed by atoms with E-state index >= 15 is 0 Å². The molecule has 1 heterocycles. The Bertz CT molecular complexity index is 518. The fraction of sp³-hybridized carbons (Fsp3) is 0.800. The van der Waals surface area contributed by atoms with Gasteiger partial charge in [0.15, 0.2) is 6.10 Å². The average molecular weight is 330 g/mol. The van der Waals surface area contributed by atoms with Gasteiger partial charge in [-0.05, 0) is 6.92 Å². The zero-order valence-corrected chi connectivity index (χ0v) is 13.7. The van der Waals surface area contributed by atoms with Crippen molar-refractivity contribution >= 4 is 17.9 Å². The molecular formula is C15H22O8. The van der Waals surface area contributed by atoms with Crippen LogP contribution < -0.4 is 0 Å². The second kappa shape index (κ2) is 6.09. The summed E-state index contributed by atoms with van der Waals surface area (Å²) in [7, 11) is 0. The van der Waals surface area contributed by atoms with Gasteiger partial charge < -0.3 is 24.1 Å². The van der Waals surface area contributed by atoms with Crippen LogP contribution in [0.25, 0.3) is 0 Å². The first-order valence-corrected chi connectivity index (χ1v) is 7.45. The van der Waals surface area contributed by atoms with E-state index in [1.54, 1.807) is 6.92 Å². The van der Waals surface area contributed by atoms with Crippen LogP contribution in [0.3, 0.4) is 0 Å². The number of hydrogen-bond donors (Lipinski definition) is 1.